The first kappa shape index (κ1) is 15.6. The van der Waals surface area contributed by atoms with Gasteiger partial charge in [0.15, 0.2) is 0 Å². The van der Waals surface area contributed by atoms with Crippen molar-refractivity contribution in [3.8, 4) is 11.1 Å². The van der Waals surface area contributed by atoms with E-state index in [9.17, 15) is 4.39 Å². The van der Waals surface area contributed by atoms with E-state index in [4.69, 9.17) is 5.73 Å². The van der Waals surface area contributed by atoms with Gasteiger partial charge < -0.3 is 10.6 Å². The molecule has 25 heavy (non-hydrogen) atoms. The molecule has 2 aromatic heterocycles. The predicted molar refractivity (Wildman–Crippen MR) is 94.6 cm³/mol. The molecule has 4 rings (SSSR count). The lowest BCUT2D eigenvalue weighted by atomic mass is 9.91. The predicted octanol–water partition coefficient (Wildman–Crippen LogP) is 2.97. The summed E-state index contributed by atoms with van der Waals surface area (Å²) >= 11 is 0. The summed E-state index contributed by atoms with van der Waals surface area (Å²) in [6.45, 7) is 1.69. The Kier molecular flexibility index (Phi) is 4.05. The number of H-pyrrole nitrogens is 1. The number of nitrogen functional groups attached to an aromatic ring is 1. The summed E-state index contributed by atoms with van der Waals surface area (Å²) in [6.07, 6.45) is 5.57. The third kappa shape index (κ3) is 3.17. The standard InChI is InChI=1S/C18H19FN6/c19-14-5-3-12(4-6-14)15-10-22-24-17(15)13-2-1-9-25(11-13)18-21-8-7-16(20)23-18/h3-8,10,13H,1-2,9,11H2,(H,22,24)(H2,20,21,23). The zero-order chi connectivity index (χ0) is 17.2. The summed E-state index contributed by atoms with van der Waals surface area (Å²) in [4.78, 5) is 10.8. The van der Waals surface area contributed by atoms with Crippen molar-refractivity contribution in [3.05, 3.63) is 54.2 Å². The summed E-state index contributed by atoms with van der Waals surface area (Å²) in [6, 6.07) is 8.20. The zero-order valence-corrected chi connectivity index (χ0v) is 13.7. The number of aromatic amines is 1. The van der Waals surface area contributed by atoms with Crippen molar-refractivity contribution in [2.24, 2.45) is 0 Å². The molecule has 0 radical (unpaired) electrons. The van der Waals surface area contributed by atoms with Gasteiger partial charge in [-0.25, -0.2) is 9.37 Å². The first-order valence-corrected chi connectivity index (χ1v) is 8.33. The van der Waals surface area contributed by atoms with Gasteiger partial charge in [0, 0.05) is 36.5 Å². The molecule has 128 valence electrons. The molecule has 0 amide bonds. The van der Waals surface area contributed by atoms with Gasteiger partial charge in [-0.2, -0.15) is 10.1 Å². The van der Waals surface area contributed by atoms with Crippen LogP contribution in [0.4, 0.5) is 16.2 Å². The molecule has 3 N–H and O–H groups in total. The minimum absolute atomic E-state index is 0.239. The minimum atomic E-state index is -0.239. The van der Waals surface area contributed by atoms with Crippen LogP contribution >= 0.6 is 0 Å². The lowest BCUT2D eigenvalue weighted by molar-refractivity contribution is 0.495. The van der Waals surface area contributed by atoms with E-state index in [1.165, 1.54) is 12.1 Å². The van der Waals surface area contributed by atoms with Crippen LogP contribution in [0.2, 0.25) is 0 Å². The Hall–Kier alpha value is -2.96. The van der Waals surface area contributed by atoms with Crippen LogP contribution in [0.5, 0.6) is 0 Å². The van der Waals surface area contributed by atoms with Gasteiger partial charge in [-0.1, -0.05) is 12.1 Å². The molecule has 0 saturated carbocycles. The average molecular weight is 338 g/mol. The fourth-order valence-electron chi connectivity index (χ4n) is 3.38. The molecule has 1 aliphatic rings. The first-order valence-electron chi connectivity index (χ1n) is 8.33. The highest BCUT2D eigenvalue weighted by molar-refractivity contribution is 5.66. The van der Waals surface area contributed by atoms with Crippen LogP contribution in [0.25, 0.3) is 11.1 Å². The van der Waals surface area contributed by atoms with Gasteiger partial charge in [0.25, 0.3) is 0 Å². The van der Waals surface area contributed by atoms with Gasteiger partial charge in [0.1, 0.15) is 11.6 Å². The van der Waals surface area contributed by atoms with E-state index < -0.39 is 0 Å². The van der Waals surface area contributed by atoms with E-state index in [-0.39, 0.29) is 11.7 Å². The number of nitrogens with one attached hydrogen (secondary N) is 1. The highest BCUT2D eigenvalue weighted by atomic mass is 19.1. The van der Waals surface area contributed by atoms with Crippen LogP contribution in [-0.2, 0) is 0 Å². The van der Waals surface area contributed by atoms with Gasteiger partial charge >= 0.3 is 0 Å². The number of hydrogen-bond donors (Lipinski definition) is 2. The van der Waals surface area contributed by atoms with Crippen molar-refractivity contribution in [1.82, 2.24) is 20.2 Å². The number of halogens is 1. The molecule has 6 nitrogen and oxygen atoms in total. The molecule has 0 aliphatic carbocycles. The second kappa shape index (κ2) is 6.51. The summed E-state index contributed by atoms with van der Waals surface area (Å²) in [5.74, 6) is 1.17. The molecule has 7 heteroatoms. The van der Waals surface area contributed by atoms with Crippen LogP contribution in [0, 0.1) is 5.82 Å². The topological polar surface area (TPSA) is 83.7 Å². The Morgan fingerprint density at radius 3 is 2.84 bits per heavy atom. The van der Waals surface area contributed by atoms with Crippen molar-refractivity contribution in [2.75, 3.05) is 23.7 Å². The normalized spacial score (nSPS) is 17.6. The maximum Gasteiger partial charge on any atom is 0.227 e. The molecule has 3 aromatic rings. The van der Waals surface area contributed by atoms with Gasteiger partial charge in [-0.15, -0.1) is 0 Å². The lowest BCUT2D eigenvalue weighted by Gasteiger charge is -2.32. The number of nitrogens with zero attached hydrogens (tertiary/aromatic N) is 4. The van der Waals surface area contributed by atoms with E-state index in [1.807, 2.05) is 0 Å². The molecule has 0 spiro atoms. The molecular formula is C18H19FN6. The minimum Gasteiger partial charge on any atom is -0.384 e. The van der Waals surface area contributed by atoms with Gasteiger partial charge in [-0.05, 0) is 36.6 Å². The second-order valence-corrected chi connectivity index (χ2v) is 6.27. The summed E-state index contributed by atoms with van der Waals surface area (Å²) in [5.41, 5.74) is 8.83. The van der Waals surface area contributed by atoms with E-state index in [2.05, 4.69) is 25.1 Å². The van der Waals surface area contributed by atoms with Crippen molar-refractivity contribution in [3.63, 3.8) is 0 Å². The fourth-order valence-corrected chi connectivity index (χ4v) is 3.38. The molecule has 3 heterocycles. The first-order chi connectivity index (χ1) is 12.2. The average Bonchev–Trinajstić information content (AvgIpc) is 3.12. The maximum atomic E-state index is 13.2. The Balaban J connectivity index is 1.60. The van der Waals surface area contributed by atoms with Crippen LogP contribution in [0.3, 0.4) is 0 Å². The third-order valence-corrected chi connectivity index (χ3v) is 4.60. The smallest absolute Gasteiger partial charge is 0.227 e. The van der Waals surface area contributed by atoms with E-state index in [0.717, 1.165) is 42.8 Å². The van der Waals surface area contributed by atoms with Gasteiger partial charge in [0.2, 0.25) is 5.95 Å². The SMILES string of the molecule is Nc1ccnc(N2CCCC(c3[nH]ncc3-c3ccc(F)cc3)C2)n1. The van der Waals surface area contributed by atoms with E-state index in [1.54, 1.807) is 30.6 Å². The quantitative estimate of drug-likeness (QED) is 0.767. The number of piperidine rings is 1. The fraction of sp³-hybridized carbons (Fsp3) is 0.278. The van der Waals surface area contributed by atoms with Gasteiger partial charge in [-0.3, -0.25) is 5.10 Å². The van der Waals surface area contributed by atoms with E-state index in [0.29, 0.717) is 11.8 Å². The Morgan fingerprint density at radius 1 is 1.20 bits per heavy atom. The Labute approximate surface area is 144 Å². The molecule has 1 fully saturated rings. The number of benzene rings is 1. The summed E-state index contributed by atoms with van der Waals surface area (Å²) in [7, 11) is 0. The molecule has 0 bridgehead atoms. The van der Waals surface area contributed by atoms with E-state index >= 15 is 0 Å². The Bertz CT molecular complexity index is 860. The Morgan fingerprint density at radius 2 is 2.04 bits per heavy atom. The number of hydrogen-bond acceptors (Lipinski definition) is 5. The van der Waals surface area contributed by atoms with Crippen LogP contribution in [0.15, 0.2) is 42.7 Å². The molecule has 1 atom stereocenters. The second-order valence-electron chi connectivity index (χ2n) is 6.27. The summed E-state index contributed by atoms with van der Waals surface area (Å²) < 4.78 is 13.2. The molecule has 1 unspecified atom stereocenters. The van der Waals surface area contributed by atoms with Crippen LogP contribution in [-0.4, -0.2) is 33.3 Å². The highest BCUT2D eigenvalue weighted by Crippen LogP contribution is 2.33. The highest BCUT2D eigenvalue weighted by Gasteiger charge is 2.26. The largest absolute Gasteiger partial charge is 0.384 e. The van der Waals surface area contributed by atoms with Crippen molar-refractivity contribution < 1.29 is 4.39 Å². The molecule has 1 saturated heterocycles. The number of nitrogens with two attached hydrogens (primary N) is 1. The summed E-state index contributed by atoms with van der Waals surface area (Å²) in [5, 5.41) is 7.36. The van der Waals surface area contributed by atoms with Gasteiger partial charge in [0.05, 0.1) is 6.20 Å². The van der Waals surface area contributed by atoms with Crippen LogP contribution < -0.4 is 10.6 Å². The number of anilines is 2. The van der Waals surface area contributed by atoms with Crippen LogP contribution in [0.1, 0.15) is 24.5 Å². The monoisotopic (exact) mass is 338 g/mol. The van der Waals surface area contributed by atoms with Crippen molar-refractivity contribution in [1.29, 1.82) is 0 Å². The number of rotatable bonds is 3. The van der Waals surface area contributed by atoms with Crippen molar-refractivity contribution >= 4 is 11.8 Å². The number of aromatic nitrogens is 4. The molecule has 1 aliphatic heterocycles. The lowest BCUT2D eigenvalue weighted by Crippen LogP contribution is -2.36. The molecule has 1 aromatic carbocycles. The zero-order valence-electron chi connectivity index (χ0n) is 13.7. The maximum absolute atomic E-state index is 13.2. The van der Waals surface area contributed by atoms with Crippen molar-refractivity contribution in [2.45, 2.75) is 18.8 Å². The molecular weight excluding hydrogens is 319 g/mol. The third-order valence-electron chi connectivity index (χ3n) is 4.60.